The molecule has 0 atom stereocenters. The molecule has 0 aliphatic carbocycles. The van der Waals surface area contributed by atoms with E-state index >= 15 is 0 Å². The molecule has 1 aliphatic heterocycles. The number of hydrogen-bond acceptors (Lipinski definition) is 3. The molecule has 0 unspecified atom stereocenters. The molecule has 1 saturated heterocycles. The van der Waals surface area contributed by atoms with Crippen molar-refractivity contribution in [3.8, 4) is 5.75 Å². The Labute approximate surface area is 155 Å². The van der Waals surface area contributed by atoms with Crippen molar-refractivity contribution in [2.75, 3.05) is 25.0 Å². The van der Waals surface area contributed by atoms with Crippen LogP contribution in [0.1, 0.15) is 18.4 Å². The molecule has 2 aromatic carbocycles. The first-order valence-electron chi connectivity index (χ1n) is 8.29. The van der Waals surface area contributed by atoms with Gasteiger partial charge in [-0.05, 0) is 77.8 Å². The van der Waals surface area contributed by atoms with Crippen LogP contribution in [-0.4, -0.2) is 30.5 Å². The monoisotopic (exact) mass is 406 g/mol. The summed E-state index contributed by atoms with van der Waals surface area (Å²) in [6.45, 7) is 3.04. The molecule has 0 radical (unpaired) electrons. The van der Waals surface area contributed by atoms with E-state index in [0.29, 0.717) is 10.2 Å². The van der Waals surface area contributed by atoms with Gasteiger partial charge in [-0.25, -0.2) is 4.39 Å². The van der Waals surface area contributed by atoms with Crippen molar-refractivity contribution in [3.05, 3.63) is 58.3 Å². The Balaban J connectivity index is 1.53. The minimum Gasteiger partial charge on any atom is -0.483 e. The van der Waals surface area contributed by atoms with Crippen LogP contribution in [-0.2, 0) is 11.3 Å². The Kier molecular flexibility index (Phi) is 6.04. The highest BCUT2D eigenvalue weighted by molar-refractivity contribution is 9.10. The Morgan fingerprint density at radius 1 is 1.20 bits per heavy atom. The third-order valence-electron chi connectivity index (χ3n) is 4.07. The lowest BCUT2D eigenvalue weighted by Gasteiger charge is -2.15. The van der Waals surface area contributed by atoms with E-state index in [-0.39, 0.29) is 18.3 Å². The summed E-state index contributed by atoms with van der Waals surface area (Å²) < 4.78 is 19.0. The molecular formula is C19H20BrFN2O2. The van der Waals surface area contributed by atoms with Crippen LogP contribution in [0.4, 0.5) is 10.1 Å². The van der Waals surface area contributed by atoms with E-state index in [9.17, 15) is 9.18 Å². The normalized spacial score (nSPS) is 14.5. The predicted molar refractivity (Wildman–Crippen MR) is 99.2 cm³/mol. The molecule has 0 spiro atoms. The molecule has 1 fully saturated rings. The first kappa shape index (κ1) is 17.9. The lowest BCUT2D eigenvalue weighted by molar-refractivity contribution is -0.118. The van der Waals surface area contributed by atoms with E-state index in [1.54, 1.807) is 0 Å². The standard InChI is InChI=1S/C19H20BrFN2O2/c20-17-11-15(21)6-7-18(17)25-13-19(24)22-16-5-3-4-14(10-16)12-23-8-1-2-9-23/h3-7,10-11H,1-2,8-9,12-13H2,(H,22,24). The Morgan fingerprint density at radius 2 is 2.00 bits per heavy atom. The van der Waals surface area contributed by atoms with Gasteiger partial charge in [0.2, 0.25) is 0 Å². The molecule has 0 saturated carbocycles. The summed E-state index contributed by atoms with van der Waals surface area (Å²) in [7, 11) is 0. The molecular weight excluding hydrogens is 387 g/mol. The van der Waals surface area contributed by atoms with Crippen LogP contribution in [0.3, 0.4) is 0 Å². The third kappa shape index (κ3) is 5.28. The minimum absolute atomic E-state index is 0.138. The molecule has 0 bridgehead atoms. The Morgan fingerprint density at radius 3 is 2.76 bits per heavy atom. The molecule has 132 valence electrons. The average Bonchev–Trinajstić information content (AvgIpc) is 3.07. The average molecular weight is 407 g/mol. The number of nitrogens with one attached hydrogen (secondary N) is 1. The zero-order valence-corrected chi connectivity index (χ0v) is 15.4. The summed E-state index contributed by atoms with van der Waals surface area (Å²) in [5.74, 6) is -0.188. The molecule has 3 rings (SSSR count). The van der Waals surface area contributed by atoms with Crippen molar-refractivity contribution in [2.45, 2.75) is 19.4 Å². The fourth-order valence-electron chi connectivity index (χ4n) is 2.88. The SMILES string of the molecule is O=C(COc1ccc(F)cc1Br)Nc1cccc(CN2CCCC2)c1. The maximum Gasteiger partial charge on any atom is 0.262 e. The number of benzene rings is 2. The highest BCUT2D eigenvalue weighted by atomic mass is 79.9. The molecule has 0 aromatic heterocycles. The van der Waals surface area contributed by atoms with Crippen LogP contribution in [0.25, 0.3) is 0 Å². The topological polar surface area (TPSA) is 41.6 Å². The van der Waals surface area contributed by atoms with E-state index in [2.05, 4.69) is 32.2 Å². The molecule has 4 nitrogen and oxygen atoms in total. The van der Waals surface area contributed by atoms with Gasteiger partial charge < -0.3 is 10.1 Å². The zero-order valence-electron chi connectivity index (χ0n) is 13.8. The number of carbonyl (C=O) groups excluding carboxylic acids is 1. The van der Waals surface area contributed by atoms with Gasteiger partial charge in [-0.2, -0.15) is 0 Å². The molecule has 1 aliphatic rings. The van der Waals surface area contributed by atoms with Crippen LogP contribution in [0.15, 0.2) is 46.9 Å². The second kappa shape index (κ2) is 8.45. The number of anilines is 1. The number of hydrogen-bond donors (Lipinski definition) is 1. The number of ether oxygens (including phenoxy) is 1. The van der Waals surface area contributed by atoms with Gasteiger partial charge in [-0.3, -0.25) is 9.69 Å². The molecule has 1 heterocycles. The van der Waals surface area contributed by atoms with Crippen LogP contribution in [0, 0.1) is 5.82 Å². The summed E-state index contributed by atoms with van der Waals surface area (Å²) in [6.07, 6.45) is 2.51. The summed E-state index contributed by atoms with van der Waals surface area (Å²) in [5.41, 5.74) is 1.94. The molecule has 1 amide bonds. The van der Waals surface area contributed by atoms with E-state index in [0.717, 1.165) is 25.3 Å². The van der Waals surface area contributed by atoms with Crippen molar-refractivity contribution in [2.24, 2.45) is 0 Å². The quantitative estimate of drug-likeness (QED) is 0.781. The van der Waals surface area contributed by atoms with E-state index in [4.69, 9.17) is 4.74 Å². The fourth-order valence-corrected chi connectivity index (χ4v) is 3.34. The van der Waals surface area contributed by atoms with E-state index in [1.165, 1.54) is 36.6 Å². The number of halogens is 2. The van der Waals surface area contributed by atoms with Crippen molar-refractivity contribution >= 4 is 27.5 Å². The van der Waals surface area contributed by atoms with Gasteiger partial charge in [0.1, 0.15) is 11.6 Å². The van der Waals surface area contributed by atoms with Crippen molar-refractivity contribution in [1.82, 2.24) is 4.90 Å². The van der Waals surface area contributed by atoms with Crippen molar-refractivity contribution in [1.29, 1.82) is 0 Å². The number of amides is 1. The van der Waals surface area contributed by atoms with Crippen molar-refractivity contribution in [3.63, 3.8) is 0 Å². The number of nitrogens with zero attached hydrogens (tertiary/aromatic N) is 1. The summed E-state index contributed by atoms with van der Waals surface area (Å²) >= 11 is 3.21. The molecule has 25 heavy (non-hydrogen) atoms. The van der Waals surface area contributed by atoms with Gasteiger partial charge in [-0.1, -0.05) is 12.1 Å². The van der Waals surface area contributed by atoms with Crippen LogP contribution < -0.4 is 10.1 Å². The highest BCUT2D eigenvalue weighted by Crippen LogP contribution is 2.25. The molecule has 6 heteroatoms. The van der Waals surface area contributed by atoms with Crippen LogP contribution in [0.5, 0.6) is 5.75 Å². The Bertz CT molecular complexity index is 748. The van der Waals surface area contributed by atoms with E-state index < -0.39 is 0 Å². The lowest BCUT2D eigenvalue weighted by Crippen LogP contribution is -2.21. The van der Waals surface area contributed by atoms with Gasteiger partial charge in [0, 0.05) is 12.2 Å². The maximum absolute atomic E-state index is 13.0. The summed E-state index contributed by atoms with van der Waals surface area (Å²) in [5, 5.41) is 2.84. The molecule has 2 aromatic rings. The smallest absolute Gasteiger partial charge is 0.262 e. The first-order chi connectivity index (χ1) is 12.1. The zero-order chi connectivity index (χ0) is 17.6. The van der Waals surface area contributed by atoms with Gasteiger partial charge in [0.05, 0.1) is 4.47 Å². The maximum atomic E-state index is 13.0. The lowest BCUT2D eigenvalue weighted by atomic mass is 10.2. The number of rotatable bonds is 6. The summed E-state index contributed by atoms with van der Waals surface area (Å²) in [6, 6.07) is 11.9. The van der Waals surface area contributed by atoms with Gasteiger partial charge in [0.15, 0.2) is 6.61 Å². The first-order valence-corrected chi connectivity index (χ1v) is 9.08. The van der Waals surface area contributed by atoms with Crippen molar-refractivity contribution < 1.29 is 13.9 Å². The van der Waals surface area contributed by atoms with Gasteiger partial charge in [0.25, 0.3) is 5.91 Å². The molecule has 1 N–H and O–H groups in total. The number of carbonyl (C=O) groups is 1. The third-order valence-corrected chi connectivity index (χ3v) is 4.69. The highest BCUT2D eigenvalue weighted by Gasteiger charge is 2.12. The summed E-state index contributed by atoms with van der Waals surface area (Å²) in [4.78, 5) is 14.5. The fraction of sp³-hybridized carbons (Fsp3) is 0.316. The largest absolute Gasteiger partial charge is 0.483 e. The number of likely N-dealkylation sites (tertiary alicyclic amines) is 1. The minimum atomic E-state index is -0.363. The predicted octanol–water partition coefficient (Wildman–Crippen LogP) is 4.20. The van der Waals surface area contributed by atoms with E-state index in [1.807, 2.05) is 18.2 Å². The van der Waals surface area contributed by atoms with Crippen LogP contribution in [0.2, 0.25) is 0 Å². The van der Waals surface area contributed by atoms with Gasteiger partial charge in [-0.15, -0.1) is 0 Å². The second-order valence-corrected chi connectivity index (χ2v) is 6.95. The van der Waals surface area contributed by atoms with Crippen LogP contribution >= 0.6 is 15.9 Å². The van der Waals surface area contributed by atoms with Gasteiger partial charge >= 0.3 is 0 Å². The second-order valence-electron chi connectivity index (χ2n) is 6.10. The Hall–Kier alpha value is -1.92.